The molecule has 0 saturated heterocycles. The number of amides is 1. The van der Waals surface area contributed by atoms with E-state index >= 15 is 0 Å². The van der Waals surface area contributed by atoms with Gasteiger partial charge in [0.2, 0.25) is 5.17 Å². The molecule has 1 N–H and O–H groups in total. The number of furan rings is 1. The van der Waals surface area contributed by atoms with E-state index in [2.05, 4.69) is 17.0 Å². The number of nitrogens with one attached hydrogen (secondary N) is 1. The average molecular weight is 437 g/mol. The summed E-state index contributed by atoms with van der Waals surface area (Å²) in [7, 11) is 0. The predicted octanol–water partition coefficient (Wildman–Crippen LogP) is 4.97. The third-order valence-electron chi connectivity index (χ3n) is 4.84. The van der Waals surface area contributed by atoms with Crippen molar-refractivity contribution in [2.24, 2.45) is 10.1 Å². The van der Waals surface area contributed by atoms with Crippen LogP contribution < -0.4 is 0 Å². The van der Waals surface area contributed by atoms with Crippen molar-refractivity contribution in [2.45, 2.75) is 33.1 Å². The van der Waals surface area contributed by atoms with Crippen LogP contribution in [0, 0.1) is 22.4 Å². The van der Waals surface area contributed by atoms with Crippen molar-refractivity contribution in [1.82, 2.24) is 5.01 Å². The molecule has 0 saturated carbocycles. The molecule has 158 valence electrons. The minimum absolute atomic E-state index is 0.00686. The molecule has 1 aromatic carbocycles. The molecule has 10 heteroatoms. The molecular formula is C21H19N5O4S. The molecule has 9 nitrogen and oxygen atoms in total. The number of fused-ring (bicyclic) bond motifs is 1. The van der Waals surface area contributed by atoms with E-state index in [-0.39, 0.29) is 17.1 Å². The number of unbranched alkanes of at least 4 members (excludes halogenated alkanes) is 1. The quantitative estimate of drug-likeness (QED) is 0.386. The number of nitro benzene ring substituents is 1. The number of hydrogen-bond acceptors (Lipinski definition) is 7. The Morgan fingerprint density at radius 1 is 1.32 bits per heavy atom. The van der Waals surface area contributed by atoms with Crippen LogP contribution in [-0.2, 0) is 4.79 Å². The Hall–Kier alpha value is -3.53. The number of aliphatic imine (C=N–C) groups is 1. The maximum Gasteiger partial charge on any atom is 0.283 e. The summed E-state index contributed by atoms with van der Waals surface area (Å²) in [4.78, 5) is 27.1. The van der Waals surface area contributed by atoms with Gasteiger partial charge in [-0.15, -0.1) is 0 Å². The number of rotatable bonds is 6. The monoisotopic (exact) mass is 437 g/mol. The number of hydrazone groups is 1. The van der Waals surface area contributed by atoms with Crippen molar-refractivity contribution in [3.8, 4) is 11.3 Å². The molecule has 2 aliphatic heterocycles. The minimum atomic E-state index is -0.514. The first-order valence-electron chi connectivity index (χ1n) is 9.71. The first-order valence-corrected chi connectivity index (χ1v) is 10.5. The maximum absolute atomic E-state index is 12.5. The van der Waals surface area contributed by atoms with Crippen LogP contribution >= 0.6 is 11.8 Å². The van der Waals surface area contributed by atoms with Crippen LogP contribution in [0.3, 0.4) is 0 Å². The first-order chi connectivity index (χ1) is 14.9. The van der Waals surface area contributed by atoms with Crippen molar-refractivity contribution >= 4 is 45.5 Å². The van der Waals surface area contributed by atoms with Gasteiger partial charge >= 0.3 is 0 Å². The summed E-state index contributed by atoms with van der Waals surface area (Å²) in [6.45, 7) is 3.85. The number of benzene rings is 1. The van der Waals surface area contributed by atoms with Gasteiger partial charge in [-0.1, -0.05) is 13.3 Å². The number of aryl methyl sites for hydroxylation is 1. The third-order valence-corrected chi connectivity index (χ3v) is 5.81. The van der Waals surface area contributed by atoms with E-state index in [4.69, 9.17) is 9.83 Å². The number of non-ortho nitro benzene ring substituents is 1. The molecule has 0 unspecified atom stereocenters. The lowest BCUT2D eigenvalue weighted by molar-refractivity contribution is -0.384. The fourth-order valence-corrected chi connectivity index (χ4v) is 4.14. The number of nitrogens with zero attached hydrogens (tertiary/aromatic N) is 4. The van der Waals surface area contributed by atoms with Gasteiger partial charge in [-0.05, 0) is 61.4 Å². The Kier molecular flexibility index (Phi) is 5.55. The van der Waals surface area contributed by atoms with Crippen LogP contribution in [0.1, 0.15) is 37.5 Å². The highest BCUT2D eigenvalue weighted by atomic mass is 32.2. The Morgan fingerprint density at radius 3 is 2.84 bits per heavy atom. The van der Waals surface area contributed by atoms with Crippen molar-refractivity contribution in [3.63, 3.8) is 0 Å². The zero-order valence-electron chi connectivity index (χ0n) is 16.9. The summed E-state index contributed by atoms with van der Waals surface area (Å²) in [6, 6.07) is 7.92. The molecule has 0 fully saturated rings. The van der Waals surface area contributed by atoms with E-state index in [1.165, 1.54) is 35.0 Å². The van der Waals surface area contributed by atoms with Crippen LogP contribution in [0.15, 0.2) is 50.4 Å². The highest BCUT2D eigenvalue weighted by Crippen LogP contribution is 2.32. The molecule has 31 heavy (non-hydrogen) atoms. The molecule has 2 aliphatic rings. The lowest BCUT2D eigenvalue weighted by atomic mass is 10.1. The Labute approximate surface area is 182 Å². The second-order valence-corrected chi connectivity index (χ2v) is 8.12. The van der Waals surface area contributed by atoms with Gasteiger partial charge in [0.25, 0.3) is 11.6 Å². The summed E-state index contributed by atoms with van der Waals surface area (Å²) in [6.07, 6.45) is 4.27. The van der Waals surface area contributed by atoms with E-state index < -0.39 is 10.8 Å². The standard InChI is InChI=1S/C21H19N5O4S/c1-3-4-5-18-24-25-19(22)16(20(27)23-21(25)31-18)11-14-7-9-17(30-14)15-8-6-13(26(28)29)10-12(15)2/h6-11,22H,3-5H2,1-2H3. The van der Waals surface area contributed by atoms with Gasteiger partial charge in [0.15, 0.2) is 5.84 Å². The SMILES string of the molecule is CCCCC1=NN2C(=N)C(=Cc3ccc(-c4ccc([N+](=O)[O-])cc4C)o3)C(=O)N=C2S1. The predicted molar refractivity (Wildman–Crippen MR) is 120 cm³/mol. The lowest BCUT2D eigenvalue weighted by Gasteiger charge is -2.19. The van der Waals surface area contributed by atoms with Gasteiger partial charge in [0.05, 0.1) is 10.5 Å². The number of nitro groups is 1. The molecule has 0 spiro atoms. The molecule has 4 rings (SSSR count). The fraction of sp³-hybridized carbons (Fsp3) is 0.238. The highest BCUT2D eigenvalue weighted by molar-refractivity contribution is 8.26. The van der Waals surface area contributed by atoms with Crippen LogP contribution in [0.5, 0.6) is 0 Å². The molecular weight excluding hydrogens is 418 g/mol. The number of thioether (sulfide) groups is 1. The fourth-order valence-electron chi connectivity index (χ4n) is 3.22. The number of amidine groups is 2. The Balaban J connectivity index is 1.60. The summed E-state index contributed by atoms with van der Waals surface area (Å²) in [5.74, 6) is 0.329. The van der Waals surface area contributed by atoms with Gasteiger partial charge in [0.1, 0.15) is 16.6 Å². The van der Waals surface area contributed by atoms with Gasteiger partial charge in [0, 0.05) is 17.7 Å². The summed E-state index contributed by atoms with van der Waals surface area (Å²) in [5.41, 5.74) is 1.50. The number of carbonyl (C=O) groups is 1. The van der Waals surface area contributed by atoms with Gasteiger partial charge in [-0.3, -0.25) is 20.3 Å². The van der Waals surface area contributed by atoms with E-state index in [0.29, 0.717) is 27.8 Å². The normalized spacial score (nSPS) is 17.1. The first kappa shape index (κ1) is 20.7. The zero-order chi connectivity index (χ0) is 22.1. The Morgan fingerprint density at radius 2 is 2.13 bits per heavy atom. The average Bonchev–Trinajstić information content (AvgIpc) is 3.36. The molecule has 0 aliphatic carbocycles. The molecule has 0 radical (unpaired) electrons. The van der Waals surface area contributed by atoms with Gasteiger partial charge in [-0.2, -0.15) is 15.1 Å². The summed E-state index contributed by atoms with van der Waals surface area (Å²) < 4.78 is 5.83. The molecule has 0 bridgehead atoms. The van der Waals surface area contributed by atoms with Crippen LogP contribution in [-0.4, -0.2) is 31.9 Å². The minimum Gasteiger partial charge on any atom is -0.457 e. The molecule has 0 atom stereocenters. The highest BCUT2D eigenvalue weighted by Gasteiger charge is 2.35. The van der Waals surface area contributed by atoms with E-state index in [0.717, 1.165) is 24.3 Å². The van der Waals surface area contributed by atoms with Crippen LogP contribution in [0.25, 0.3) is 17.4 Å². The number of carbonyl (C=O) groups excluding carboxylic acids is 1. The molecule has 1 aromatic heterocycles. The van der Waals surface area contributed by atoms with Crippen LogP contribution in [0.4, 0.5) is 5.69 Å². The lowest BCUT2D eigenvalue weighted by Crippen LogP contribution is -2.35. The second-order valence-electron chi connectivity index (χ2n) is 7.08. The van der Waals surface area contributed by atoms with E-state index in [9.17, 15) is 14.9 Å². The van der Waals surface area contributed by atoms with Crippen molar-refractivity contribution in [1.29, 1.82) is 5.41 Å². The topological polar surface area (TPSA) is 125 Å². The number of hydrogen-bond donors (Lipinski definition) is 1. The molecule has 2 aromatic rings. The van der Waals surface area contributed by atoms with E-state index in [1.54, 1.807) is 25.1 Å². The van der Waals surface area contributed by atoms with Crippen LogP contribution in [0.2, 0.25) is 0 Å². The Bertz CT molecular complexity index is 1190. The van der Waals surface area contributed by atoms with Gasteiger partial charge < -0.3 is 4.42 Å². The van der Waals surface area contributed by atoms with Crippen molar-refractivity contribution in [2.75, 3.05) is 0 Å². The molecule has 1 amide bonds. The third kappa shape index (κ3) is 4.06. The van der Waals surface area contributed by atoms with Crippen molar-refractivity contribution in [3.05, 3.63) is 57.3 Å². The van der Waals surface area contributed by atoms with Gasteiger partial charge in [-0.25, -0.2) is 0 Å². The maximum atomic E-state index is 12.5. The van der Waals surface area contributed by atoms with Crippen molar-refractivity contribution < 1.29 is 14.1 Å². The summed E-state index contributed by atoms with van der Waals surface area (Å²) >= 11 is 1.32. The largest absolute Gasteiger partial charge is 0.457 e. The smallest absolute Gasteiger partial charge is 0.283 e. The molecule has 3 heterocycles. The zero-order valence-corrected chi connectivity index (χ0v) is 17.7. The second kappa shape index (κ2) is 8.31. The van der Waals surface area contributed by atoms with E-state index in [1.807, 2.05) is 0 Å². The summed E-state index contributed by atoms with van der Waals surface area (Å²) in [5, 5.41) is 26.4.